The highest BCUT2D eigenvalue weighted by atomic mass is 32.2. The van der Waals surface area contributed by atoms with E-state index in [1.807, 2.05) is 6.07 Å². The van der Waals surface area contributed by atoms with E-state index in [0.717, 1.165) is 18.3 Å². The van der Waals surface area contributed by atoms with Crippen molar-refractivity contribution in [2.45, 2.75) is 43.0 Å². The fourth-order valence-corrected chi connectivity index (χ4v) is 4.18. The van der Waals surface area contributed by atoms with Crippen LogP contribution in [-0.4, -0.2) is 33.0 Å². The van der Waals surface area contributed by atoms with Crippen molar-refractivity contribution in [2.75, 3.05) is 18.5 Å². The van der Waals surface area contributed by atoms with Crippen LogP contribution in [0.2, 0.25) is 0 Å². The Bertz CT molecular complexity index is 571. The van der Waals surface area contributed by atoms with E-state index in [1.165, 1.54) is 45.3 Å². The molecule has 1 aliphatic heterocycles. The maximum absolute atomic E-state index is 11.7. The first kappa shape index (κ1) is 13.8. The van der Waals surface area contributed by atoms with Crippen LogP contribution in [0.5, 0.6) is 0 Å². The Morgan fingerprint density at radius 3 is 2.75 bits per heavy atom. The summed E-state index contributed by atoms with van der Waals surface area (Å²) in [4.78, 5) is 6.96. The number of aromatic nitrogens is 1. The molecular weight excluding hydrogens is 274 g/mol. The average Bonchev–Trinajstić information content (AvgIpc) is 2.91. The molecule has 2 fully saturated rings. The van der Waals surface area contributed by atoms with Gasteiger partial charge >= 0.3 is 0 Å². The largest absolute Gasteiger partial charge is 0.353 e. The molecular formula is C14H21N3O2S. The summed E-state index contributed by atoms with van der Waals surface area (Å²) in [7, 11) is -1.98. The van der Waals surface area contributed by atoms with Gasteiger partial charge in [0.1, 0.15) is 10.7 Å². The third kappa shape index (κ3) is 2.42. The molecule has 1 aromatic heterocycles. The van der Waals surface area contributed by atoms with Crippen molar-refractivity contribution in [3.63, 3.8) is 0 Å². The third-order valence-electron chi connectivity index (χ3n) is 4.60. The molecule has 2 heterocycles. The first-order valence-corrected chi connectivity index (χ1v) is 8.76. The standard InChI is InChI=1S/C14H21N3O2S/c1-15-20(18,19)12-6-7-14(16-10-12)17-9-8-11-4-2-3-5-13(11)17/h6-7,10-11,13,15H,2-5,8-9H2,1H3. The second-order valence-corrected chi connectivity index (χ2v) is 7.54. The second-order valence-electron chi connectivity index (χ2n) is 5.65. The molecule has 1 saturated carbocycles. The Morgan fingerprint density at radius 2 is 2.05 bits per heavy atom. The zero-order valence-corrected chi connectivity index (χ0v) is 12.6. The molecule has 20 heavy (non-hydrogen) atoms. The highest BCUT2D eigenvalue weighted by Crippen LogP contribution is 2.38. The first-order chi connectivity index (χ1) is 9.62. The topological polar surface area (TPSA) is 62.3 Å². The van der Waals surface area contributed by atoms with Gasteiger partial charge in [-0.2, -0.15) is 0 Å². The van der Waals surface area contributed by atoms with Crippen LogP contribution in [0.4, 0.5) is 5.82 Å². The van der Waals surface area contributed by atoms with Crippen LogP contribution < -0.4 is 9.62 Å². The summed E-state index contributed by atoms with van der Waals surface area (Å²) in [6, 6.07) is 4.08. The highest BCUT2D eigenvalue weighted by molar-refractivity contribution is 7.89. The number of rotatable bonds is 3. The molecule has 2 aliphatic rings. The monoisotopic (exact) mass is 295 g/mol. The lowest BCUT2D eigenvalue weighted by Crippen LogP contribution is -2.35. The quantitative estimate of drug-likeness (QED) is 0.923. The van der Waals surface area contributed by atoms with Crippen molar-refractivity contribution in [1.82, 2.24) is 9.71 Å². The van der Waals surface area contributed by atoms with E-state index >= 15 is 0 Å². The number of anilines is 1. The molecule has 2 unspecified atom stereocenters. The summed E-state index contributed by atoms with van der Waals surface area (Å²) in [5, 5.41) is 0. The molecule has 2 atom stereocenters. The molecule has 0 amide bonds. The Balaban J connectivity index is 1.81. The van der Waals surface area contributed by atoms with Crippen LogP contribution in [0.25, 0.3) is 0 Å². The van der Waals surface area contributed by atoms with Crippen LogP contribution in [0.15, 0.2) is 23.2 Å². The second kappa shape index (κ2) is 5.33. The van der Waals surface area contributed by atoms with Gasteiger partial charge in [0.15, 0.2) is 0 Å². The van der Waals surface area contributed by atoms with Gasteiger partial charge in [-0.05, 0) is 44.4 Å². The Hall–Kier alpha value is -1.14. The average molecular weight is 295 g/mol. The van der Waals surface area contributed by atoms with Gasteiger partial charge in [-0.3, -0.25) is 0 Å². The van der Waals surface area contributed by atoms with E-state index in [0.29, 0.717) is 6.04 Å². The van der Waals surface area contributed by atoms with Gasteiger partial charge in [-0.15, -0.1) is 0 Å². The molecule has 1 aliphatic carbocycles. The fourth-order valence-electron chi connectivity index (χ4n) is 3.51. The summed E-state index contributed by atoms with van der Waals surface area (Å²) in [6.07, 6.45) is 7.90. The van der Waals surface area contributed by atoms with Crippen molar-refractivity contribution in [3.8, 4) is 0 Å². The summed E-state index contributed by atoms with van der Waals surface area (Å²) in [5.74, 6) is 1.71. The lowest BCUT2D eigenvalue weighted by atomic mass is 9.85. The lowest BCUT2D eigenvalue weighted by Gasteiger charge is -2.32. The van der Waals surface area contributed by atoms with Crippen LogP contribution in [0, 0.1) is 5.92 Å². The Morgan fingerprint density at radius 1 is 1.25 bits per heavy atom. The van der Waals surface area contributed by atoms with Crippen LogP contribution in [0.1, 0.15) is 32.1 Å². The van der Waals surface area contributed by atoms with Crippen molar-refractivity contribution >= 4 is 15.8 Å². The summed E-state index contributed by atoms with van der Waals surface area (Å²) in [6.45, 7) is 1.04. The number of fused-ring (bicyclic) bond motifs is 1. The van der Waals surface area contributed by atoms with E-state index in [4.69, 9.17) is 0 Å². The normalized spacial score (nSPS) is 26.6. The molecule has 110 valence electrons. The van der Waals surface area contributed by atoms with Gasteiger partial charge in [0.05, 0.1) is 0 Å². The maximum atomic E-state index is 11.7. The Labute approximate surface area is 120 Å². The number of nitrogens with one attached hydrogen (secondary N) is 1. The highest BCUT2D eigenvalue weighted by Gasteiger charge is 2.36. The molecule has 0 radical (unpaired) electrons. The summed E-state index contributed by atoms with van der Waals surface area (Å²) in [5.41, 5.74) is 0. The van der Waals surface area contributed by atoms with Crippen molar-refractivity contribution in [1.29, 1.82) is 0 Å². The summed E-state index contributed by atoms with van der Waals surface area (Å²) < 4.78 is 25.7. The molecule has 1 N–H and O–H groups in total. The van der Waals surface area contributed by atoms with Crippen LogP contribution in [0.3, 0.4) is 0 Å². The molecule has 0 aromatic carbocycles. The zero-order chi connectivity index (χ0) is 14.2. The number of hydrogen-bond acceptors (Lipinski definition) is 4. The van der Waals surface area contributed by atoms with Crippen molar-refractivity contribution in [2.24, 2.45) is 5.92 Å². The zero-order valence-electron chi connectivity index (χ0n) is 11.7. The Kier molecular flexibility index (Phi) is 3.69. The molecule has 0 bridgehead atoms. The fraction of sp³-hybridized carbons (Fsp3) is 0.643. The van der Waals surface area contributed by atoms with Gasteiger partial charge in [0, 0.05) is 18.8 Å². The van der Waals surface area contributed by atoms with Crippen molar-refractivity contribution in [3.05, 3.63) is 18.3 Å². The third-order valence-corrected chi connectivity index (χ3v) is 6.00. The molecule has 0 spiro atoms. The molecule has 5 nitrogen and oxygen atoms in total. The summed E-state index contributed by atoms with van der Waals surface area (Å²) >= 11 is 0. The lowest BCUT2D eigenvalue weighted by molar-refractivity contribution is 0.341. The van der Waals surface area contributed by atoms with E-state index in [-0.39, 0.29) is 4.90 Å². The van der Waals surface area contributed by atoms with Gasteiger partial charge < -0.3 is 4.90 Å². The van der Waals surface area contributed by atoms with Crippen molar-refractivity contribution < 1.29 is 8.42 Å². The first-order valence-electron chi connectivity index (χ1n) is 7.28. The predicted molar refractivity (Wildman–Crippen MR) is 78.2 cm³/mol. The number of nitrogens with zero attached hydrogens (tertiary/aromatic N) is 2. The minimum absolute atomic E-state index is 0.225. The number of hydrogen-bond donors (Lipinski definition) is 1. The molecule has 1 saturated heterocycles. The van der Waals surface area contributed by atoms with Crippen LogP contribution >= 0.6 is 0 Å². The van der Waals surface area contributed by atoms with E-state index in [1.54, 1.807) is 6.07 Å². The van der Waals surface area contributed by atoms with Gasteiger partial charge in [-0.25, -0.2) is 18.1 Å². The van der Waals surface area contributed by atoms with E-state index in [9.17, 15) is 8.42 Å². The van der Waals surface area contributed by atoms with Gasteiger partial charge in [-0.1, -0.05) is 12.8 Å². The van der Waals surface area contributed by atoms with Crippen LogP contribution in [-0.2, 0) is 10.0 Å². The molecule has 3 rings (SSSR count). The van der Waals surface area contributed by atoms with E-state index in [2.05, 4.69) is 14.6 Å². The smallest absolute Gasteiger partial charge is 0.241 e. The number of pyridine rings is 1. The minimum Gasteiger partial charge on any atom is -0.353 e. The van der Waals surface area contributed by atoms with Gasteiger partial charge in [0.2, 0.25) is 10.0 Å². The minimum atomic E-state index is -3.39. The SMILES string of the molecule is CNS(=O)(=O)c1ccc(N2CCC3CCCCC32)nc1. The maximum Gasteiger partial charge on any atom is 0.241 e. The molecule has 1 aromatic rings. The predicted octanol–water partition coefficient (Wildman–Crippen LogP) is 1.76. The van der Waals surface area contributed by atoms with E-state index < -0.39 is 10.0 Å². The molecule has 6 heteroatoms. The van der Waals surface area contributed by atoms with Gasteiger partial charge in [0.25, 0.3) is 0 Å². The number of sulfonamides is 1.